The Morgan fingerprint density at radius 2 is 2.00 bits per heavy atom. The van der Waals surface area contributed by atoms with E-state index in [-0.39, 0.29) is 0 Å². The van der Waals surface area contributed by atoms with Gasteiger partial charge in [-0.3, -0.25) is 0 Å². The summed E-state index contributed by atoms with van der Waals surface area (Å²) in [6.07, 6.45) is 0. The normalized spacial score (nSPS) is 13.1. The second kappa shape index (κ2) is 6.26. The van der Waals surface area contributed by atoms with Crippen molar-refractivity contribution in [1.82, 2.24) is 10.2 Å². The van der Waals surface area contributed by atoms with E-state index >= 15 is 0 Å². The summed E-state index contributed by atoms with van der Waals surface area (Å²) >= 11 is 3.60. The highest BCUT2D eigenvalue weighted by atomic mass is 79.9. The highest BCUT2D eigenvalue weighted by Gasteiger charge is 2.15. The van der Waals surface area contributed by atoms with Gasteiger partial charge in [-0.25, -0.2) is 0 Å². The molecular formula is C12H19BrN2. The third kappa shape index (κ3) is 3.59. The Morgan fingerprint density at radius 3 is 2.53 bits per heavy atom. The van der Waals surface area contributed by atoms with Crippen LogP contribution in [0.25, 0.3) is 0 Å². The first-order valence-electron chi connectivity index (χ1n) is 5.28. The van der Waals surface area contributed by atoms with Crippen molar-refractivity contribution in [2.75, 3.05) is 27.2 Å². The van der Waals surface area contributed by atoms with Crippen LogP contribution in [0.1, 0.15) is 18.5 Å². The minimum Gasteiger partial charge on any atom is -0.315 e. The van der Waals surface area contributed by atoms with Crippen LogP contribution in [0.15, 0.2) is 28.7 Å². The van der Waals surface area contributed by atoms with Crippen LogP contribution in [-0.4, -0.2) is 32.1 Å². The molecule has 0 saturated heterocycles. The summed E-state index contributed by atoms with van der Waals surface area (Å²) < 4.78 is 1.18. The van der Waals surface area contributed by atoms with Gasteiger partial charge in [-0.2, -0.15) is 0 Å². The summed E-state index contributed by atoms with van der Waals surface area (Å²) in [5.74, 6) is 0. The highest BCUT2D eigenvalue weighted by Crippen LogP contribution is 2.25. The van der Waals surface area contributed by atoms with Crippen LogP contribution in [0, 0.1) is 0 Å². The first kappa shape index (κ1) is 12.7. The quantitative estimate of drug-likeness (QED) is 0.885. The van der Waals surface area contributed by atoms with E-state index in [2.05, 4.69) is 65.4 Å². The zero-order chi connectivity index (χ0) is 11.3. The third-order valence-corrected chi connectivity index (χ3v) is 3.20. The molecule has 1 aromatic rings. The zero-order valence-corrected chi connectivity index (χ0v) is 11.2. The summed E-state index contributed by atoms with van der Waals surface area (Å²) in [5, 5.41) is 3.39. The molecular weight excluding hydrogens is 252 g/mol. The van der Waals surface area contributed by atoms with Crippen LogP contribution >= 0.6 is 15.9 Å². The van der Waals surface area contributed by atoms with Crippen molar-refractivity contribution in [3.8, 4) is 0 Å². The maximum atomic E-state index is 3.60. The molecule has 1 rings (SSSR count). The molecule has 0 saturated carbocycles. The van der Waals surface area contributed by atoms with Crippen molar-refractivity contribution in [3.05, 3.63) is 34.3 Å². The van der Waals surface area contributed by atoms with Crippen LogP contribution in [0.4, 0.5) is 0 Å². The van der Waals surface area contributed by atoms with Gasteiger partial charge in [0.05, 0.1) is 0 Å². The number of likely N-dealkylation sites (N-methyl/N-ethyl adjacent to an activating group) is 2. The first-order chi connectivity index (χ1) is 7.16. The third-order valence-electron chi connectivity index (χ3n) is 2.48. The SMILES string of the molecule is CCNCC(c1ccccc1Br)N(C)C. The lowest BCUT2D eigenvalue weighted by Gasteiger charge is -2.25. The lowest BCUT2D eigenvalue weighted by atomic mass is 10.1. The average molecular weight is 271 g/mol. The van der Waals surface area contributed by atoms with E-state index in [9.17, 15) is 0 Å². The molecule has 1 atom stereocenters. The summed E-state index contributed by atoms with van der Waals surface area (Å²) in [5.41, 5.74) is 1.34. The Kier molecular flexibility index (Phi) is 5.29. The summed E-state index contributed by atoms with van der Waals surface area (Å²) in [7, 11) is 4.23. The van der Waals surface area contributed by atoms with Crippen LogP contribution in [0.2, 0.25) is 0 Å². The Balaban J connectivity index is 2.84. The Morgan fingerprint density at radius 1 is 1.33 bits per heavy atom. The van der Waals surface area contributed by atoms with Gasteiger partial charge in [0.2, 0.25) is 0 Å². The molecule has 0 aromatic heterocycles. The van der Waals surface area contributed by atoms with Gasteiger partial charge >= 0.3 is 0 Å². The second-order valence-electron chi connectivity index (χ2n) is 3.81. The molecule has 0 amide bonds. The molecule has 0 bridgehead atoms. The van der Waals surface area contributed by atoms with Crippen molar-refractivity contribution < 1.29 is 0 Å². The number of hydrogen-bond donors (Lipinski definition) is 1. The Hall–Kier alpha value is -0.380. The molecule has 84 valence electrons. The van der Waals surface area contributed by atoms with Crippen molar-refractivity contribution in [2.45, 2.75) is 13.0 Å². The summed E-state index contributed by atoms with van der Waals surface area (Å²) in [4.78, 5) is 2.24. The minimum atomic E-state index is 0.417. The van der Waals surface area contributed by atoms with Gasteiger partial charge < -0.3 is 10.2 Å². The van der Waals surface area contributed by atoms with Crippen LogP contribution in [0.5, 0.6) is 0 Å². The maximum absolute atomic E-state index is 3.60. The van der Waals surface area contributed by atoms with E-state index in [1.165, 1.54) is 10.0 Å². The second-order valence-corrected chi connectivity index (χ2v) is 4.66. The number of hydrogen-bond acceptors (Lipinski definition) is 2. The number of benzene rings is 1. The van der Waals surface area contributed by atoms with Gasteiger partial charge in [0.15, 0.2) is 0 Å². The predicted octanol–water partition coefficient (Wildman–Crippen LogP) is 2.66. The fourth-order valence-electron chi connectivity index (χ4n) is 1.60. The number of rotatable bonds is 5. The monoisotopic (exact) mass is 270 g/mol. The van der Waals surface area contributed by atoms with Crippen molar-refractivity contribution in [3.63, 3.8) is 0 Å². The van der Waals surface area contributed by atoms with E-state index in [4.69, 9.17) is 0 Å². The number of halogens is 1. The maximum Gasteiger partial charge on any atom is 0.0478 e. The average Bonchev–Trinajstić information content (AvgIpc) is 2.20. The van der Waals surface area contributed by atoms with Gasteiger partial charge in [-0.15, -0.1) is 0 Å². The molecule has 0 fully saturated rings. The molecule has 1 N–H and O–H groups in total. The molecule has 0 aliphatic carbocycles. The number of nitrogens with zero attached hydrogens (tertiary/aromatic N) is 1. The van der Waals surface area contributed by atoms with E-state index in [0.717, 1.165) is 13.1 Å². The largest absolute Gasteiger partial charge is 0.315 e. The molecule has 0 spiro atoms. The van der Waals surface area contributed by atoms with Crippen molar-refractivity contribution in [1.29, 1.82) is 0 Å². The smallest absolute Gasteiger partial charge is 0.0478 e. The molecule has 0 aliphatic rings. The standard InChI is InChI=1S/C12H19BrN2/c1-4-14-9-12(15(2)3)10-7-5-6-8-11(10)13/h5-8,12,14H,4,9H2,1-3H3. The lowest BCUT2D eigenvalue weighted by molar-refractivity contribution is 0.289. The van der Waals surface area contributed by atoms with E-state index in [1.54, 1.807) is 0 Å². The summed E-state index contributed by atoms with van der Waals surface area (Å²) in [6, 6.07) is 8.82. The van der Waals surface area contributed by atoms with Gasteiger partial charge in [-0.05, 0) is 32.3 Å². The van der Waals surface area contributed by atoms with Crippen molar-refractivity contribution >= 4 is 15.9 Å². The Labute approximate surface area is 101 Å². The molecule has 2 nitrogen and oxygen atoms in total. The predicted molar refractivity (Wildman–Crippen MR) is 69.1 cm³/mol. The first-order valence-corrected chi connectivity index (χ1v) is 6.07. The molecule has 1 unspecified atom stereocenters. The fraction of sp³-hybridized carbons (Fsp3) is 0.500. The Bertz CT molecular complexity index is 299. The zero-order valence-electron chi connectivity index (χ0n) is 9.63. The molecule has 0 radical (unpaired) electrons. The number of nitrogens with one attached hydrogen (secondary N) is 1. The van der Waals surface area contributed by atoms with Gasteiger partial charge in [0, 0.05) is 17.1 Å². The van der Waals surface area contributed by atoms with Crippen LogP contribution < -0.4 is 5.32 Å². The van der Waals surface area contributed by atoms with Gasteiger partial charge in [-0.1, -0.05) is 41.1 Å². The van der Waals surface area contributed by atoms with Gasteiger partial charge in [0.25, 0.3) is 0 Å². The topological polar surface area (TPSA) is 15.3 Å². The minimum absolute atomic E-state index is 0.417. The van der Waals surface area contributed by atoms with E-state index < -0.39 is 0 Å². The summed E-state index contributed by atoms with van der Waals surface area (Å²) in [6.45, 7) is 4.12. The molecule has 15 heavy (non-hydrogen) atoms. The fourth-order valence-corrected chi connectivity index (χ4v) is 2.15. The molecule has 0 heterocycles. The van der Waals surface area contributed by atoms with Crippen LogP contribution in [0.3, 0.4) is 0 Å². The highest BCUT2D eigenvalue weighted by molar-refractivity contribution is 9.10. The van der Waals surface area contributed by atoms with Gasteiger partial charge in [0.1, 0.15) is 0 Å². The molecule has 1 aromatic carbocycles. The van der Waals surface area contributed by atoms with E-state index in [1.807, 2.05) is 6.07 Å². The lowest BCUT2D eigenvalue weighted by Crippen LogP contribution is -2.31. The van der Waals surface area contributed by atoms with Crippen LogP contribution in [-0.2, 0) is 0 Å². The molecule has 0 aliphatic heterocycles. The van der Waals surface area contributed by atoms with Crippen molar-refractivity contribution in [2.24, 2.45) is 0 Å². The van der Waals surface area contributed by atoms with E-state index in [0.29, 0.717) is 6.04 Å². The molecule has 3 heteroatoms.